The Bertz CT molecular complexity index is 602. The summed E-state index contributed by atoms with van der Waals surface area (Å²) < 4.78 is 7.05. The smallest absolute Gasteiger partial charge is 0.198 e. The highest BCUT2D eigenvalue weighted by molar-refractivity contribution is 6.11. The lowest BCUT2D eigenvalue weighted by molar-refractivity contribution is 0.103. The number of aryl methyl sites for hydroxylation is 1. The lowest BCUT2D eigenvalue weighted by Gasteiger charge is -2.10. The molecule has 0 spiro atoms. The molecule has 0 amide bonds. The average Bonchev–Trinajstić information content (AvgIpc) is 2.69. The molecule has 1 heterocycles. The first-order valence-corrected chi connectivity index (χ1v) is 6.08. The summed E-state index contributed by atoms with van der Waals surface area (Å²) in [6.07, 6.45) is 1.54. The topological polar surface area (TPSA) is 70.1 Å². The van der Waals surface area contributed by atoms with Crippen LogP contribution in [0.5, 0.6) is 5.75 Å². The highest BCUT2D eigenvalue weighted by Gasteiger charge is 2.16. The second-order valence-corrected chi connectivity index (χ2v) is 4.59. The summed E-state index contributed by atoms with van der Waals surface area (Å²) in [6, 6.07) is 7.07. The SMILES string of the molecule is CC(C)Oc1cccc(C(=O)c2cnn(C)c2N)c1. The van der Waals surface area contributed by atoms with Gasteiger partial charge in [-0.05, 0) is 26.0 Å². The van der Waals surface area contributed by atoms with Crippen LogP contribution in [0, 0.1) is 0 Å². The van der Waals surface area contributed by atoms with Gasteiger partial charge in [0, 0.05) is 12.6 Å². The Morgan fingerprint density at radius 1 is 1.42 bits per heavy atom. The van der Waals surface area contributed by atoms with E-state index in [1.165, 1.54) is 10.9 Å². The van der Waals surface area contributed by atoms with Gasteiger partial charge in [0.2, 0.25) is 0 Å². The summed E-state index contributed by atoms with van der Waals surface area (Å²) >= 11 is 0. The lowest BCUT2D eigenvalue weighted by Crippen LogP contribution is -2.08. The van der Waals surface area contributed by atoms with Crippen LogP contribution in [0.15, 0.2) is 30.5 Å². The summed E-state index contributed by atoms with van der Waals surface area (Å²) in [4.78, 5) is 12.3. The van der Waals surface area contributed by atoms with Crippen LogP contribution in [0.25, 0.3) is 0 Å². The van der Waals surface area contributed by atoms with Crippen LogP contribution < -0.4 is 10.5 Å². The number of rotatable bonds is 4. The van der Waals surface area contributed by atoms with Gasteiger partial charge in [0.15, 0.2) is 5.78 Å². The van der Waals surface area contributed by atoms with Gasteiger partial charge in [0.25, 0.3) is 0 Å². The van der Waals surface area contributed by atoms with Gasteiger partial charge in [-0.1, -0.05) is 12.1 Å². The maximum absolute atomic E-state index is 12.3. The number of hydrogen-bond donors (Lipinski definition) is 1. The number of ketones is 1. The molecule has 100 valence electrons. The van der Waals surface area contributed by atoms with Crippen LogP contribution in [-0.4, -0.2) is 21.7 Å². The largest absolute Gasteiger partial charge is 0.491 e. The molecule has 0 atom stereocenters. The third kappa shape index (κ3) is 2.76. The van der Waals surface area contributed by atoms with Crippen LogP contribution >= 0.6 is 0 Å². The molecule has 0 radical (unpaired) electrons. The average molecular weight is 259 g/mol. The second kappa shape index (κ2) is 5.14. The van der Waals surface area contributed by atoms with Crippen molar-refractivity contribution in [1.82, 2.24) is 9.78 Å². The van der Waals surface area contributed by atoms with E-state index < -0.39 is 0 Å². The molecule has 0 aliphatic heterocycles. The van der Waals surface area contributed by atoms with Crippen molar-refractivity contribution in [2.45, 2.75) is 20.0 Å². The molecule has 5 nitrogen and oxygen atoms in total. The van der Waals surface area contributed by atoms with E-state index >= 15 is 0 Å². The Labute approximate surface area is 112 Å². The quantitative estimate of drug-likeness (QED) is 0.853. The van der Waals surface area contributed by atoms with Crippen LogP contribution in [0.3, 0.4) is 0 Å². The molecule has 0 saturated carbocycles. The zero-order chi connectivity index (χ0) is 14.0. The van der Waals surface area contributed by atoms with Gasteiger partial charge in [0.1, 0.15) is 11.6 Å². The van der Waals surface area contributed by atoms with Gasteiger partial charge >= 0.3 is 0 Å². The zero-order valence-electron chi connectivity index (χ0n) is 11.3. The van der Waals surface area contributed by atoms with E-state index in [4.69, 9.17) is 10.5 Å². The van der Waals surface area contributed by atoms with E-state index in [0.717, 1.165) is 0 Å². The van der Waals surface area contributed by atoms with Gasteiger partial charge < -0.3 is 10.5 Å². The van der Waals surface area contributed by atoms with Crippen LogP contribution in [0.2, 0.25) is 0 Å². The molecule has 1 aromatic heterocycles. The van der Waals surface area contributed by atoms with Crippen molar-refractivity contribution in [1.29, 1.82) is 0 Å². The van der Waals surface area contributed by atoms with Crippen molar-refractivity contribution in [3.05, 3.63) is 41.6 Å². The third-order valence-corrected chi connectivity index (χ3v) is 2.70. The predicted molar refractivity (Wildman–Crippen MR) is 73.3 cm³/mol. The highest BCUT2D eigenvalue weighted by atomic mass is 16.5. The summed E-state index contributed by atoms with van der Waals surface area (Å²) in [7, 11) is 1.70. The molecule has 1 aromatic carbocycles. The van der Waals surface area contributed by atoms with Crippen molar-refractivity contribution in [2.75, 3.05) is 5.73 Å². The minimum absolute atomic E-state index is 0.0637. The number of nitrogens with zero attached hydrogens (tertiary/aromatic N) is 2. The van der Waals surface area contributed by atoms with E-state index in [0.29, 0.717) is 22.7 Å². The normalized spacial score (nSPS) is 10.7. The second-order valence-electron chi connectivity index (χ2n) is 4.59. The maximum Gasteiger partial charge on any atom is 0.198 e. The standard InChI is InChI=1S/C14H17N3O2/c1-9(2)19-11-6-4-5-10(7-11)13(18)12-8-16-17(3)14(12)15/h4-9H,15H2,1-3H3. The Morgan fingerprint density at radius 2 is 2.16 bits per heavy atom. The molecule has 0 aliphatic carbocycles. The number of carbonyl (C=O) groups is 1. The van der Waals surface area contributed by atoms with Gasteiger partial charge in [-0.15, -0.1) is 0 Å². The van der Waals surface area contributed by atoms with Gasteiger partial charge in [-0.25, -0.2) is 0 Å². The van der Waals surface area contributed by atoms with Gasteiger partial charge in [-0.3, -0.25) is 9.48 Å². The van der Waals surface area contributed by atoms with Crippen molar-refractivity contribution in [3.8, 4) is 5.75 Å². The lowest BCUT2D eigenvalue weighted by atomic mass is 10.1. The minimum Gasteiger partial charge on any atom is -0.491 e. The molecular weight excluding hydrogens is 242 g/mol. The van der Waals surface area contributed by atoms with Crippen molar-refractivity contribution >= 4 is 11.6 Å². The van der Waals surface area contributed by atoms with E-state index in [1.54, 1.807) is 25.2 Å². The van der Waals surface area contributed by atoms with E-state index in [2.05, 4.69) is 5.10 Å². The molecule has 0 fully saturated rings. The van der Waals surface area contributed by atoms with Crippen molar-refractivity contribution in [3.63, 3.8) is 0 Å². The molecule has 0 aliphatic rings. The first-order chi connectivity index (χ1) is 8.99. The number of benzene rings is 1. The Morgan fingerprint density at radius 3 is 2.74 bits per heavy atom. The minimum atomic E-state index is -0.153. The molecule has 0 saturated heterocycles. The van der Waals surface area contributed by atoms with Crippen molar-refractivity contribution < 1.29 is 9.53 Å². The Hall–Kier alpha value is -2.30. The number of carbonyl (C=O) groups excluding carboxylic acids is 1. The van der Waals surface area contributed by atoms with Crippen LogP contribution in [-0.2, 0) is 7.05 Å². The Balaban J connectivity index is 2.31. The molecule has 2 rings (SSSR count). The Kier molecular flexibility index (Phi) is 3.55. The molecular formula is C14H17N3O2. The summed E-state index contributed by atoms with van der Waals surface area (Å²) in [5, 5.41) is 3.97. The molecule has 19 heavy (non-hydrogen) atoms. The third-order valence-electron chi connectivity index (χ3n) is 2.70. The monoisotopic (exact) mass is 259 g/mol. The first kappa shape index (κ1) is 13.1. The molecule has 5 heteroatoms. The molecule has 0 bridgehead atoms. The van der Waals surface area contributed by atoms with E-state index in [1.807, 2.05) is 19.9 Å². The first-order valence-electron chi connectivity index (χ1n) is 6.08. The summed E-state index contributed by atoms with van der Waals surface area (Å²) in [6.45, 7) is 3.88. The van der Waals surface area contributed by atoms with Crippen molar-refractivity contribution in [2.24, 2.45) is 7.05 Å². The maximum atomic E-state index is 12.3. The molecule has 0 unspecified atom stereocenters. The molecule has 2 aromatic rings. The predicted octanol–water partition coefficient (Wildman–Crippen LogP) is 2.02. The zero-order valence-corrected chi connectivity index (χ0v) is 11.3. The van der Waals surface area contributed by atoms with Gasteiger partial charge in [0.05, 0.1) is 17.9 Å². The fraction of sp³-hybridized carbons (Fsp3) is 0.286. The number of aromatic nitrogens is 2. The van der Waals surface area contributed by atoms with Gasteiger partial charge in [-0.2, -0.15) is 5.10 Å². The number of anilines is 1. The summed E-state index contributed by atoms with van der Waals surface area (Å²) in [5.41, 5.74) is 6.75. The number of ether oxygens (including phenoxy) is 1. The fourth-order valence-corrected chi connectivity index (χ4v) is 1.76. The highest BCUT2D eigenvalue weighted by Crippen LogP contribution is 2.20. The molecule has 2 N–H and O–H groups in total. The summed E-state index contributed by atoms with van der Waals surface area (Å²) in [5.74, 6) is 0.878. The number of nitrogens with two attached hydrogens (primary N) is 1. The number of hydrogen-bond acceptors (Lipinski definition) is 4. The van der Waals surface area contributed by atoms with Crippen LogP contribution in [0.1, 0.15) is 29.8 Å². The number of nitrogen functional groups attached to an aromatic ring is 1. The fourth-order valence-electron chi connectivity index (χ4n) is 1.76. The van der Waals surface area contributed by atoms with E-state index in [-0.39, 0.29) is 11.9 Å². The van der Waals surface area contributed by atoms with E-state index in [9.17, 15) is 4.79 Å². The van der Waals surface area contributed by atoms with Crippen LogP contribution in [0.4, 0.5) is 5.82 Å².